The number of allylic oxidation sites excluding steroid dienone is 2. The van der Waals surface area contributed by atoms with Crippen LogP contribution in [0.1, 0.15) is 43.0 Å². The molecule has 3 rings (SSSR count). The van der Waals surface area contributed by atoms with Gasteiger partial charge in [-0.2, -0.15) is 18.4 Å². The second kappa shape index (κ2) is 7.56. The molecule has 2 aromatic carbocycles. The summed E-state index contributed by atoms with van der Waals surface area (Å²) in [4.78, 5) is 2.14. The molecular formula is C24H23F3N2O. The fraction of sp³-hybridized carbons (Fsp3) is 0.292. The Morgan fingerprint density at radius 1 is 1.20 bits per heavy atom. The first kappa shape index (κ1) is 21.5. The van der Waals surface area contributed by atoms with E-state index >= 15 is 0 Å². The first-order valence-corrected chi connectivity index (χ1v) is 9.43. The summed E-state index contributed by atoms with van der Waals surface area (Å²) >= 11 is 0. The lowest BCUT2D eigenvalue weighted by Gasteiger charge is -2.41. The average Bonchev–Trinajstić information content (AvgIpc) is 2.69. The van der Waals surface area contributed by atoms with Crippen LogP contribution in [0.2, 0.25) is 0 Å². The first-order chi connectivity index (χ1) is 14.0. The molecule has 2 aromatic rings. The van der Waals surface area contributed by atoms with E-state index < -0.39 is 11.7 Å². The Bertz CT molecular complexity index is 1090. The molecule has 6 heteroatoms. The van der Waals surface area contributed by atoms with Crippen LogP contribution in [-0.4, -0.2) is 19.7 Å². The summed E-state index contributed by atoms with van der Waals surface area (Å²) < 4.78 is 44.8. The number of rotatable bonds is 3. The summed E-state index contributed by atoms with van der Waals surface area (Å²) in [6.45, 7) is 6.24. The number of nitriles is 1. The zero-order chi connectivity index (χ0) is 22.3. The van der Waals surface area contributed by atoms with Gasteiger partial charge in [0.05, 0.1) is 29.9 Å². The number of halogens is 3. The molecule has 0 radical (unpaired) electrons. The molecule has 0 aromatic heterocycles. The molecule has 0 aliphatic carbocycles. The van der Waals surface area contributed by atoms with Gasteiger partial charge >= 0.3 is 6.18 Å². The fourth-order valence-electron chi connectivity index (χ4n) is 3.68. The van der Waals surface area contributed by atoms with Crippen LogP contribution in [0.4, 0.5) is 18.9 Å². The summed E-state index contributed by atoms with van der Waals surface area (Å²) in [6, 6.07) is 10.6. The molecule has 1 heterocycles. The predicted octanol–water partition coefficient (Wildman–Crippen LogP) is 6.41. The SMILES string of the molecule is COc1cc2c(cc1/C=C(\C#N)c1cccc(C(F)(F)F)c1)C(C)=CC(C)(C)N2C. The van der Waals surface area contributed by atoms with Crippen LogP contribution >= 0.6 is 0 Å². The number of hydrogen-bond acceptors (Lipinski definition) is 3. The monoisotopic (exact) mass is 412 g/mol. The van der Waals surface area contributed by atoms with E-state index in [2.05, 4.69) is 24.8 Å². The minimum Gasteiger partial charge on any atom is -0.496 e. The highest BCUT2D eigenvalue weighted by atomic mass is 19.4. The van der Waals surface area contributed by atoms with E-state index in [1.165, 1.54) is 19.2 Å². The summed E-state index contributed by atoms with van der Waals surface area (Å²) in [5.74, 6) is 0.547. The maximum Gasteiger partial charge on any atom is 0.416 e. The number of anilines is 1. The van der Waals surface area contributed by atoms with Gasteiger partial charge in [-0.3, -0.25) is 0 Å². The molecule has 0 amide bonds. The van der Waals surface area contributed by atoms with Gasteiger partial charge in [0, 0.05) is 29.9 Å². The number of hydrogen-bond donors (Lipinski definition) is 0. The fourth-order valence-corrected chi connectivity index (χ4v) is 3.68. The standard InChI is InChI=1S/C24H23F3N2O/c1-15-13-23(2,3)29(4)21-12-22(30-5)17(11-20(15)21)9-18(14-28)16-7-6-8-19(10-16)24(25,26)27/h6-13H,1-5H3/b18-9+. The van der Waals surface area contributed by atoms with Gasteiger partial charge in [0.25, 0.3) is 0 Å². The van der Waals surface area contributed by atoms with Gasteiger partial charge in [-0.25, -0.2) is 0 Å². The van der Waals surface area contributed by atoms with Crippen molar-refractivity contribution in [2.75, 3.05) is 19.1 Å². The van der Waals surface area contributed by atoms with Crippen LogP contribution in [0.5, 0.6) is 5.75 Å². The maximum atomic E-state index is 13.1. The predicted molar refractivity (Wildman–Crippen MR) is 114 cm³/mol. The Kier molecular flexibility index (Phi) is 5.42. The molecule has 156 valence electrons. The molecule has 3 nitrogen and oxygen atoms in total. The highest BCUT2D eigenvalue weighted by Crippen LogP contribution is 2.42. The van der Waals surface area contributed by atoms with Crippen LogP contribution in [0.3, 0.4) is 0 Å². The van der Waals surface area contributed by atoms with E-state index in [-0.39, 0.29) is 16.7 Å². The third-order valence-corrected chi connectivity index (χ3v) is 5.49. The van der Waals surface area contributed by atoms with Crippen molar-refractivity contribution < 1.29 is 17.9 Å². The van der Waals surface area contributed by atoms with Crippen molar-refractivity contribution in [2.45, 2.75) is 32.5 Å². The largest absolute Gasteiger partial charge is 0.496 e. The summed E-state index contributed by atoms with van der Waals surface area (Å²) in [6.07, 6.45) is -0.742. The first-order valence-electron chi connectivity index (χ1n) is 9.43. The Labute approximate surface area is 174 Å². The van der Waals surface area contributed by atoms with E-state index in [4.69, 9.17) is 4.74 Å². The summed E-state index contributed by atoms with van der Waals surface area (Å²) in [7, 11) is 3.53. The molecule has 0 N–H and O–H groups in total. The summed E-state index contributed by atoms with van der Waals surface area (Å²) in [5.41, 5.74) is 3.07. The average molecular weight is 412 g/mol. The lowest BCUT2D eigenvalue weighted by atomic mass is 9.88. The molecule has 1 aliphatic rings. The Morgan fingerprint density at radius 2 is 1.90 bits per heavy atom. The Morgan fingerprint density at radius 3 is 2.50 bits per heavy atom. The van der Waals surface area contributed by atoms with E-state index in [9.17, 15) is 18.4 Å². The van der Waals surface area contributed by atoms with Crippen LogP contribution in [0.15, 0.2) is 42.5 Å². The topological polar surface area (TPSA) is 36.3 Å². The van der Waals surface area contributed by atoms with Gasteiger partial charge in [0.1, 0.15) is 5.75 Å². The molecule has 1 aliphatic heterocycles. The molecular weight excluding hydrogens is 389 g/mol. The summed E-state index contributed by atoms with van der Waals surface area (Å²) in [5, 5.41) is 9.64. The molecule has 0 unspecified atom stereocenters. The quantitative estimate of drug-likeness (QED) is 0.432. The number of likely N-dealkylation sites (N-methyl/N-ethyl adjacent to an activating group) is 1. The number of benzene rings is 2. The zero-order valence-electron chi connectivity index (χ0n) is 17.6. The van der Waals surface area contributed by atoms with E-state index in [0.717, 1.165) is 29.0 Å². The van der Waals surface area contributed by atoms with Crippen LogP contribution in [-0.2, 0) is 6.18 Å². The number of alkyl halides is 3. The lowest BCUT2D eigenvalue weighted by Crippen LogP contribution is -2.42. The molecule has 0 fully saturated rings. The number of methoxy groups -OCH3 is 1. The molecule has 0 atom stereocenters. The van der Waals surface area contributed by atoms with Gasteiger partial charge in [-0.05, 0) is 56.2 Å². The van der Waals surface area contributed by atoms with Crippen molar-refractivity contribution in [3.05, 3.63) is 64.7 Å². The minimum absolute atomic E-state index is 0.130. The van der Waals surface area contributed by atoms with E-state index in [1.807, 2.05) is 32.2 Å². The highest BCUT2D eigenvalue weighted by Gasteiger charge is 2.31. The number of fused-ring (bicyclic) bond motifs is 1. The maximum absolute atomic E-state index is 13.1. The third kappa shape index (κ3) is 3.93. The lowest BCUT2D eigenvalue weighted by molar-refractivity contribution is -0.137. The van der Waals surface area contributed by atoms with Crippen LogP contribution in [0.25, 0.3) is 17.2 Å². The van der Waals surface area contributed by atoms with Crippen molar-refractivity contribution in [3.8, 4) is 11.8 Å². The van der Waals surface area contributed by atoms with Crippen LogP contribution < -0.4 is 9.64 Å². The van der Waals surface area contributed by atoms with Crippen molar-refractivity contribution in [2.24, 2.45) is 0 Å². The van der Waals surface area contributed by atoms with Gasteiger partial charge in [0.15, 0.2) is 0 Å². The van der Waals surface area contributed by atoms with Gasteiger partial charge in [0.2, 0.25) is 0 Å². The van der Waals surface area contributed by atoms with E-state index in [0.29, 0.717) is 11.3 Å². The van der Waals surface area contributed by atoms with Crippen molar-refractivity contribution in [1.82, 2.24) is 0 Å². The second-order valence-corrected chi connectivity index (χ2v) is 7.90. The minimum atomic E-state index is -4.47. The smallest absolute Gasteiger partial charge is 0.416 e. The molecule has 0 spiro atoms. The Balaban J connectivity index is 2.15. The normalized spacial score (nSPS) is 15.9. The van der Waals surface area contributed by atoms with E-state index in [1.54, 1.807) is 6.08 Å². The molecule has 0 saturated carbocycles. The van der Waals surface area contributed by atoms with Crippen molar-refractivity contribution in [1.29, 1.82) is 5.26 Å². The van der Waals surface area contributed by atoms with Crippen molar-refractivity contribution in [3.63, 3.8) is 0 Å². The van der Waals surface area contributed by atoms with Gasteiger partial charge in [-0.15, -0.1) is 0 Å². The molecule has 30 heavy (non-hydrogen) atoms. The van der Waals surface area contributed by atoms with Gasteiger partial charge < -0.3 is 9.64 Å². The zero-order valence-corrected chi connectivity index (χ0v) is 17.6. The Hall–Kier alpha value is -3.20. The number of nitrogens with zero attached hydrogens (tertiary/aromatic N) is 2. The number of ether oxygens (including phenoxy) is 1. The van der Waals surface area contributed by atoms with Crippen molar-refractivity contribution >= 4 is 22.9 Å². The molecule has 0 bridgehead atoms. The van der Waals surface area contributed by atoms with Gasteiger partial charge in [-0.1, -0.05) is 18.2 Å². The molecule has 0 saturated heterocycles. The third-order valence-electron chi connectivity index (χ3n) is 5.49. The second-order valence-electron chi connectivity index (χ2n) is 7.90. The van der Waals surface area contributed by atoms with Crippen LogP contribution in [0, 0.1) is 11.3 Å². The highest BCUT2D eigenvalue weighted by molar-refractivity contribution is 5.93.